The maximum Gasteiger partial charge on any atom is 0.240 e. The lowest BCUT2D eigenvalue weighted by molar-refractivity contribution is 0.400. The van der Waals surface area contributed by atoms with Crippen molar-refractivity contribution in [1.29, 1.82) is 0 Å². The van der Waals surface area contributed by atoms with Crippen LogP contribution in [0, 0.1) is 12.3 Å². The lowest BCUT2D eigenvalue weighted by atomic mass is 10.5. The van der Waals surface area contributed by atoms with Gasteiger partial charge in [0.2, 0.25) is 5.88 Å². The highest BCUT2D eigenvalue weighted by Crippen LogP contribution is 2.33. The molecule has 1 rings (SSSR count). The van der Waals surface area contributed by atoms with Crippen molar-refractivity contribution in [3.05, 3.63) is 6.20 Å². The molecule has 6 heteroatoms. The molecule has 1 aromatic rings. The van der Waals surface area contributed by atoms with Crippen LogP contribution in [0.4, 0.5) is 5.69 Å². The van der Waals surface area contributed by atoms with E-state index < -0.39 is 7.14 Å². The number of nitrogens with zero attached hydrogens (tertiary/aromatic N) is 2. The average molecular weight is 239 g/mol. The Hall–Kier alpha value is -1.53. The van der Waals surface area contributed by atoms with Crippen LogP contribution in [-0.4, -0.2) is 37.0 Å². The van der Waals surface area contributed by atoms with Gasteiger partial charge in [0.25, 0.3) is 0 Å². The van der Waals surface area contributed by atoms with E-state index in [0.717, 1.165) is 0 Å². The van der Waals surface area contributed by atoms with Crippen molar-refractivity contribution in [2.24, 2.45) is 0 Å². The van der Waals surface area contributed by atoms with Crippen molar-refractivity contribution in [3.8, 4) is 18.2 Å². The first-order valence-electron chi connectivity index (χ1n) is 4.63. The molecule has 0 aromatic carbocycles. The second kappa shape index (κ2) is 5.00. The molecule has 0 aliphatic rings. The fourth-order valence-electron chi connectivity index (χ4n) is 1.04. The summed E-state index contributed by atoms with van der Waals surface area (Å²) < 4.78 is 16.9. The summed E-state index contributed by atoms with van der Waals surface area (Å²) in [6, 6.07) is 0. The van der Waals surface area contributed by atoms with Crippen molar-refractivity contribution >= 4 is 18.4 Å². The Kier molecular flexibility index (Phi) is 3.92. The smallest absolute Gasteiger partial charge is 0.240 e. The van der Waals surface area contributed by atoms with Crippen molar-refractivity contribution in [1.82, 2.24) is 9.97 Å². The zero-order valence-electron chi connectivity index (χ0n) is 9.52. The molecule has 0 unspecified atom stereocenters. The molecule has 16 heavy (non-hydrogen) atoms. The molecule has 1 N–H and O–H groups in total. The Morgan fingerprint density at radius 3 is 2.81 bits per heavy atom. The number of hydrogen-bond donors (Lipinski definition) is 1. The number of anilines is 1. The number of terminal acetylenes is 1. The number of nitrogens with one attached hydrogen (secondary N) is 1. The van der Waals surface area contributed by atoms with Crippen LogP contribution in [-0.2, 0) is 4.57 Å². The van der Waals surface area contributed by atoms with Gasteiger partial charge in [-0.05, 0) is 13.3 Å². The molecule has 0 bridgehead atoms. The van der Waals surface area contributed by atoms with Gasteiger partial charge in [-0.1, -0.05) is 5.92 Å². The molecule has 0 atom stereocenters. The molecule has 1 aromatic heterocycles. The van der Waals surface area contributed by atoms with Crippen LogP contribution < -0.4 is 15.6 Å². The van der Waals surface area contributed by atoms with Gasteiger partial charge >= 0.3 is 0 Å². The topological polar surface area (TPSA) is 64.1 Å². The minimum atomic E-state index is -2.47. The summed E-state index contributed by atoms with van der Waals surface area (Å²) in [5, 5.41) is 2.92. The van der Waals surface area contributed by atoms with Gasteiger partial charge in [-0.3, -0.25) is 0 Å². The van der Waals surface area contributed by atoms with Crippen LogP contribution in [0.2, 0.25) is 0 Å². The summed E-state index contributed by atoms with van der Waals surface area (Å²) in [6.45, 7) is 3.57. The van der Waals surface area contributed by atoms with E-state index in [0.29, 0.717) is 23.7 Å². The van der Waals surface area contributed by atoms with Gasteiger partial charge in [0.05, 0.1) is 19.9 Å². The Morgan fingerprint density at radius 2 is 2.31 bits per heavy atom. The third-order valence-electron chi connectivity index (χ3n) is 1.80. The number of ether oxygens (including phenoxy) is 1. The maximum atomic E-state index is 11.8. The summed E-state index contributed by atoms with van der Waals surface area (Å²) in [4.78, 5) is 8.11. The predicted molar refractivity (Wildman–Crippen MR) is 65.0 cm³/mol. The second-order valence-electron chi connectivity index (χ2n) is 3.50. The fraction of sp³-hybridized carbons (Fsp3) is 0.400. The summed E-state index contributed by atoms with van der Waals surface area (Å²) in [5.74, 6) is 2.79. The van der Waals surface area contributed by atoms with Gasteiger partial charge in [-0.25, -0.2) is 4.98 Å². The molecule has 0 aliphatic heterocycles. The fourth-order valence-corrected chi connectivity index (χ4v) is 1.71. The molecule has 0 fully saturated rings. The van der Waals surface area contributed by atoms with E-state index in [1.54, 1.807) is 13.3 Å². The van der Waals surface area contributed by atoms with E-state index in [9.17, 15) is 4.57 Å². The van der Waals surface area contributed by atoms with Crippen molar-refractivity contribution in [2.75, 3.05) is 32.3 Å². The molecule has 0 radical (unpaired) electrons. The highest BCUT2D eigenvalue weighted by atomic mass is 31.2. The van der Waals surface area contributed by atoms with Crippen LogP contribution in [0.3, 0.4) is 0 Å². The van der Waals surface area contributed by atoms with Crippen LogP contribution in [0.25, 0.3) is 0 Å². The zero-order valence-corrected chi connectivity index (χ0v) is 10.4. The van der Waals surface area contributed by atoms with Gasteiger partial charge in [-0.2, -0.15) is 4.98 Å². The van der Waals surface area contributed by atoms with E-state index in [2.05, 4.69) is 21.2 Å². The lowest BCUT2D eigenvalue weighted by Gasteiger charge is -2.10. The van der Waals surface area contributed by atoms with E-state index in [1.165, 1.54) is 13.3 Å². The molecular weight excluding hydrogens is 225 g/mol. The van der Waals surface area contributed by atoms with Crippen LogP contribution >= 0.6 is 7.14 Å². The Morgan fingerprint density at radius 1 is 1.62 bits per heavy atom. The lowest BCUT2D eigenvalue weighted by Crippen LogP contribution is -2.15. The van der Waals surface area contributed by atoms with E-state index in [-0.39, 0.29) is 0 Å². The maximum absolute atomic E-state index is 11.8. The van der Waals surface area contributed by atoms with Gasteiger partial charge < -0.3 is 14.6 Å². The van der Waals surface area contributed by atoms with Crippen LogP contribution in [0.5, 0.6) is 5.88 Å². The SMILES string of the molecule is C#CCNc1cnc(P(C)(C)=O)nc1OC. The molecule has 86 valence electrons. The van der Waals surface area contributed by atoms with Crippen molar-refractivity contribution < 1.29 is 9.30 Å². The number of hydrogen-bond acceptors (Lipinski definition) is 5. The van der Waals surface area contributed by atoms with Gasteiger partial charge in [0, 0.05) is 0 Å². The summed E-state index contributed by atoms with van der Waals surface area (Å²) in [5.41, 5.74) is 0.897. The largest absolute Gasteiger partial charge is 0.479 e. The minimum Gasteiger partial charge on any atom is -0.479 e. The van der Waals surface area contributed by atoms with Crippen LogP contribution in [0.1, 0.15) is 0 Å². The van der Waals surface area contributed by atoms with Crippen molar-refractivity contribution in [2.45, 2.75) is 0 Å². The molecule has 1 heterocycles. The summed E-state index contributed by atoms with van der Waals surface area (Å²) in [6.07, 6.45) is 6.65. The van der Waals surface area contributed by atoms with Gasteiger partial charge in [-0.15, -0.1) is 6.42 Å². The van der Waals surface area contributed by atoms with E-state index >= 15 is 0 Å². The molecule has 0 saturated carbocycles. The molecule has 0 amide bonds. The third kappa shape index (κ3) is 2.98. The average Bonchev–Trinajstić information content (AvgIpc) is 2.24. The standard InChI is InChI=1S/C10H14N3O2P/c1-5-6-11-8-7-12-10(16(3,4)14)13-9(8)15-2/h1,7,11H,6H2,2-4H3. The van der Waals surface area contributed by atoms with Crippen molar-refractivity contribution in [3.63, 3.8) is 0 Å². The minimum absolute atomic E-state index is 0.301. The highest BCUT2D eigenvalue weighted by molar-refractivity contribution is 7.69. The molecule has 0 aliphatic carbocycles. The third-order valence-corrected chi connectivity index (χ3v) is 2.98. The van der Waals surface area contributed by atoms with Gasteiger partial charge in [0.1, 0.15) is 12.8 Å². The first-order valence-corrected chi connectivity index (χ1v) is 7.23. The van der Waals surface area contributed by atoms with E-state index in [4.69, 9.17) is 11.2 Å². The zero-order chi connectivity index (χ0) is 12.2. The van der Waals surface area contributed by atoms with E-state index in [1.807, 2.05) is 0 Å². The molecule has 0 spiro atoms. The summed E-state index contributed by atoms with van der Waals surface area (Å²) in [7, 11) is -0.985. The number of methoxy groups -OCH3 is 1. The Bertz CT molecular complexity index is 462. The molecule has 0 saturated heterocycles. The summed E-state index contributed by atoms with van der Waals surface area (Å²) >= 11 is 0. The Labute approximate surface area is 95.0 Å². The molecule has 5 nitrogen and oxygen atoms in total. The van der Waals surface area contributed by atoms with Crippen LogP contribution in [0.15, 0.2) is 6.20 Å². The first kappa shape index (κ1) is 12.5. The number of aromatic nitrogens is 2. The highest BCUT2D eigenvalue weighted by Gasteiger charge is 2.17. The predicted octanol–water partition coefficient (Wildman–Crippen LogP) is 0.778. The molecular formula is C10H14N3O2P. The number of rotatable bonds is 4. The first-order chi connectivity index (χ1) is 7.49. The second-order valence-corrected chi connectivity index (χ2v) is 6.60. The Balaban J connectivity index is 3.08. The monoisotopic (exact) mass is 239 g/mol. The normalized spacial score (nSPS) is 10.6. The van der Waals surface area contributed by atoms with Gasteiger partial charge in [0.15, 0.2) is 5.57 Å². The quantitative estimate of drug-likeness (QED) is 0.621.